The van der Waals surface area contributed by atoms with E-state index < -0.39 is 27.0 Å². The van der Waals surface area contributed by atoms with E-state index in [9.17, 15) is 12.8 Å². The van der Waals surface area contributed by atoms with E-state index in [-0.39, 0.29) is 11.8 Å². The van der Waals surface area contributed by atoms with Crippen molar-refractivity contribution in [3.8, 4) is 28.0 Å². The molecular weight excluding hydrogens is 509 g/mol. The Kier molecular flexibility index (Phi) is 7.17. The summed E-state index contributed by atoms with van der Waals surface area (Å²) in [6.07, 6.45) is 2.00. The first-order valence-electron chi connectivity index (χ1n) is 10.7. The molecule has 4 rings (SSSR count). The van der Waals surface area contributed by atoms with Gasteiger partial charge in [-0.2, -0.15) is 0 Å². The summed E-state index contributed by atoms with van der Waals surface area (Å²) >= 11 is 1.34. The highest BCUT2D eigenvalue weighted by Gasteiger charge is 2.32. The van der Waals surface area contributed by atoms with Crippen molar-refractivity contribution >= 4 is 27.3 Å². The van der Waals surface area contributed by atoms with Crippen LogP contribution < -0.4 is 14.2 Å². The van der Waals surface area contributed by atoms with E-state index in [1.165, 1.54) is 37.0 Å². The summed E-state index contributed by atoms with van der Waals surface area (Å²) in [6.45, 7) is 5.00. The third-order valence-electron chi connectivity index (χ3n) is 5.57. The zero-order valence-electron chi connectivity index (χ0n) is 20.1. The monoisotopic (exact) mass is 533 g/mol. The van der Waals surface area contributed by atoms with Gasteiger partial charge in [0.15, 0.2) is 16.6 Å². The number of para-hydroxylation sites is 1. The van der Waals surface area contributed by atoms with Crippen LogP contribution in [-0.4, -0.2) is 57.6 Å². The van der Waals surface area contributed by atoms with Gasteiger partial charge < -0.3 is 9.47 Å². The maximum absolute atomic E-state index is 13.4. The number of aryl methyl sites for hydroxylation is 1. The third-order valence-corrected chi connectivity index (χ3v) is 8.38. The minimum absolute atomic E-state index is 0.0836. The van der Waals surface area contributed by atoms with Gasteiger partial charge >= 0.3 is 0 Å². The second-order valence-electron chi connectivity index (χ2n) is 7.89. The molecule has 0 aliphatic rings. The van der Waals surface area contributed by atoms with E-state index in [0.29, 0.717) is 28.0 Å². The van der Waals surface area contributed by atoms with Gasteiger partial charge in [0.25, 0.3) is 0 Å². The number of thiazole rings is 1. The Morgan fingerprint density at radius 2 is 1.72 bits per heavy atom. The number of halogens is 1. The highest BCUT2D eigenvalue weighted by molar-refractivity contribution is 7.93. The van der Waals surface area contributed by atoms with Gasteiger partial charge in [-0.25, -0.2) is 27.8 Å². The van der Waals surface area contributed by atoms with Gasteiger partial charge in [-0.1, -0.05) is 13.0 Å². The van der Waals surface area contributed by atoms with Crippen molar-refractivity contribution in [1.82, 2.24) is 29.7 Å². The molecule has 0 bridgehead atoms. The Hall–Kier alpha value is -3.65. The molecule has 1 aromatic carbocycles. The molecule has 2 atom stereocenters. The number of nitrogens with one attached hydrogen (secondary N) is 1. The van der Waals surface area contributed by atoms with E-state index in [1.807, 2.05) is 12.3 Å². The minimum Gasteiger partial charge on any atom is -0.494 e. The van der Waals surface area contributed by atoms with Gasteiger partial charge in [0.2, 0.25) is 16.0 Å². The first-order chi connectivity index (χ1) is 17.2. The van der Waals surface area contributed by atoms with Gasteiger partial charge in [-0.15, -0.1) is 21.5 Å². The van der Waals surface area contributed by atoms with Crippen molar-refractivity contribution in [2.24, 2.45) is 0 Å². The van der Waals surface area contributed by atoms with Gasteiger partial charge in [0.05, 0.1) is 31.9 Å². The number of methoxy groups -OCH3 is 2. The molecule has 11 nitrogen and oxygen atoms in total. The smallest absolute Gasteiger partial charge is 0.243 e. The van der Waals surface area contributed by atoms with Gasteiger partial charge in [-0.05, 0) is 26.0 Å². The number of anilines is 1. The molecule has 14 heteroatoms. The molecular formula is C22H24FN7O4S2. The van der Waals surface area contributed by atoms with Crippen molar-refractivity contribution in [2.75, 3.05) is 18.9 Å². The number of sulfonamides is 1. The van der Waals surface area contributed by atoms with E-state index in [0.717, 1.165) is 18.1 Å². The van der Waals surface area contributed by atoms with E-state index in [1.54, 1.807) is 25.1 Å². The Morgan fingerprint density at radius 3 is 2.28 bits per heavy atom. The number of benzene rings is 1. The maximum atomic E-state index is 13.4. The first-order valence-corrected chi connectivity index (χ1v) is 13.2. The summed E-state index contributed by atoms with van der Waals surface area (Å²) in [6, 6.07) is 5.17. The highest BCUT2D eigenvalue weighted by atomic mass is 32.2. The predicted octanol–water partition coefficient (Wildman–Crippen LogP) is 3.58. The summed E-state index contributed by atoms with van der Waals surface area (Å²) in [7, 11) is -1.07. The average Bonchev–Trinajstić information content (AvgIpc) is 3.48. The maximum Gasteiger partial charge on any atom is 0.243 e. The molecule has 4 aromatic rings. The van der Waals surface area contributed by atoms with Crippen LogP contribution in [0.5, 0.6) is 11.5 Å². The van der Waals surface area contributed by atoms with Crippen LogP contribution in [0.3, 0.4) is 0 Å². The molecule has 1 N–H and O–H groups in total. The largest absolute Gasteiger partial charge is 0.494 e. The molecule has 0 aliphatic carbocycles. The molecule has 0 radical (unpaired) electrons. The number of aromatic nitrogens is 6. The molecule has 0 spiro atoms. The second-order valence-corrected chi connectivity index (χ2v) is 10.8. The molecule has 0 aliphatic heterocycles. The lowest BCUT2D eigenvalue weighted by atomic mass is 10.1. The third kappa shape index (κ3) is 4.86. The normalized spacial score (nSPS) is 13.3. The Bertz CT molecular complexity index is 1450. The molecule has 0 amide bonds. The fourth-order valence-electron chi connectivity index (χ4n) is 3.47. The minimum atomic E-state index is -4.05. The van der Waals surface area contributed by atoms with Crippen molar-refractivity contribution in [1.29, 1.82) is 0 Å². The Labute approximate surface area is 211 Å². The number of rotatable bonds is 9. The van der Waals surface area contributed by atoms with Crippen LogP contribution in [0.1, 0.15) is 31.3 Å². The van der Waals surface area contributed by atoms with Gasteiger partial charge in [-0.3, -0.25) is 9.29 Å². The zero-order chi connectivity index (χ0) is 26.0. The number of ether oxygens (including phenoxy) is 2. The van der Waals surface area contributed by atoms with E-state index >= 15 is 0 Å². The summed E-state index contributed by atoms with van der Waals surface area (Å²) < 4.78 is 55.2. The van der Waals surface area contributed by atoms with Crippen LogP contribution in [0, 0.1) is 12.7 Å². The molecule has 0 saturated heterocycles. The van der Waals surface area contributed by atoms with Crippen LogP contribution >= 0.6 is 11.3 Å². The Morgan fingerprint density at radius 1 is 1.08 bits per heavy atom. The van der Waals surface area contributed by atoms with Crippen molar-refractivity contribution in [3.63, 3.8) is 0 Å². The molecule has 0 fully saturated rings. The zero-order valence-corrected chi connectivity index (χ0v) is 21.8. The lowest BCUT2D eigenvalue weighted by molar-refractivity contribution is 0.391. The van der Waals surface area contributed by atoms with Crippen molar-refractivity contribution < 1.29 is 22.3 Å². The molecule has 0 unspecified atom stereocenters. The van der Waals surface area contributed by atoms with Gasteiger partial charge in [0.1, 0.15) is 23.0 Å². The molecule has 0 saturated carbocycles. The second kappa shape index (κ2) is 10.1. The fraction of sp³-hybridized carbons (Fsp3) is 0.318. The number of hydrogen-bond acceptors (Lipinski definition) is 10. The lowest BCUT2D eigenvalue weighted by Crippen LogP contribution is -2.31. The predicted molar refractivity (Wildman–Crippen MR) is 133 cm³/mol. The quantitative estimate of drug-likeness (QED) is 0.343. The van der Waals surface area contributed by atoms with Crippen LogP contribution in [0.25, 0.3) is 16.5 Å². The van der Waals surface area contributed by atoms with Gasteiger partial charge in [0, 0.05) is 17.0 Å². The molecule has 190 valence electrons. The van der Waals surface area contributed by atoms with Crippen LogP contribution in [0.2, 0.25) is 0 Å². The van der Waals surface area contributed by atoms with Crippen LogP contribution in [0.15, 0.2) is 36.0 Å². The standard InChI is InChI=1S/C22H24FN7O4S2/c1-12-11-35-21(26-12)20-27-28-22(30(20)18-16(33-4)7-6-8-17(18)34-5)29-36(31,32)14(3)13(2)19-24-9-15(23)10-25-19/h6-11,13-14H,1-5H3,(H,28,29)/t13-,14-/m1/s1. The van der Waals surface area contributed by atoms with E-state index in [2.05, 4.69) is 29.9 Å². The fourth-order valence-corrected chi connectivity index (χ4v) is 5.47. The lowest BCUT2D eigenvalue weighted by Gasteiger charge is -2.21. The number of nitrogens with zero attached hydrogens (tertiary/aromatic N) is 6. The van der Waals surface area contributed by atoms with Crippen molar-refractivity contribution in [3.05, 3.63) is 53.3 Å². The highest BCUT2D eigenvalue weighted by Crippen LogP contribution is 2.38. The van der Waals surface area contributed by atoms with E-state index in [4.69, 9.17) is 9.47 Å². The molecule has 3 aromatic heterocycles. The molecule has 36 heavy (non-hydrogen) atoms. The summed E-state index contributed by atoms with van der Waals surface area (Å²) in [5.41, 5.74) is 1.18. The van der Waals surface area contributed by atoms with Crippen LogP contribution in [-0.2, 0) is 10.0 Å². The number of hydrogen-bond donors (Lipinski definition) is 1. The molecule has 3 heterocycles. The summed E-state index contributed by atoms with van der Waals surface area (Å²) in [5, 5.41) is 9.75. The van der Waals surface area contributed by atoms with Crippen LogP contribution in [0.4, 0.5) is 10.3 Å². The topological polar surface area (TPSA) is 134 Å². The first kappa shape index (κ1) is 25.4. The Balaban J connectivity index is 1.81. The summed E-state index contributed by atoms with van der Waals surface area (Å²) in [4.78, 5) is 12.3. The summed E-state index contributed by atoms with van der Waals surface area (Å²) in [5.74, 6) is -0.0303. The average molecular weight is 534 g/mol. The van der Waals surface area contributed by atoms with Crippen molar-refractivity contribution in [2.45, 2.75) is 31.9 Å². The SMILES string of the molecule is COc1cccc(OC)c1-n1c(NS(=O)(=O)[C@H](C)[C@@H](C)c2ncc(F)cn2)nnc1-c1nc(C)cs1.